The van der Waals surface area contributed by atoms with Crippen molar-refractivity contribution in [3.05, 3.63) is 12.2 Å². The van der Waals surface area contributed by atoms with E-state index in [4.69, 9.17) is 9.47 Å². The van der Waals surface area contributed by atoms with Crippen LogP contribution in [0.4, 0.5) is 0 Å². The summed E-state index contributed by atoms with van der Waals surface area (Å²) in [4.78, 5) is 13.2. The van der Waals surface area contributed by atoms with Crippen molar-refractivity contribution in [3.63, 3.8) is 0 Å². The number of carbonyl (C=O) groups is 1. The first kappa shape index (κ1) is 74.9. The fourth-order valence-corrected chi connectivity index (χ4v) is 11.7. The van der Waals surface area contributed by atoms with E-state index in [2.05, 4.69) is 35.5 Å². The second kappa shape index (κ2) is 55.1. The van der Waals surface area contributed by atoms with Gasteiger partial charge in [-0.25, -0.2) is 4.18 Å². The van der Waals surface area contributed by atoms with Gasteiger partial charge < -0.3 is 35.2 Å². The molecule has 0 aromatic rings. The summed E-state index contributed by atoms with van der Waals surface area (Å²) >= 11 is 0. The summed E-state index contributed by atoms with van der Waals surface area (Å²) < 4.78 is 48.1. The van der Waals surface area contributed by atoms with Crippen LogP contribution in [0.3, 0.4) is 0 Å². The van der Waals surface area contributed by atoms with Gasteiger partial charge in [-0.3, -0.25) is 9.35 Å². The fraction of sp³-hybridized carbons (Fsp3) is 0.954. The van der Waals surface area contributed by atoms with E-state index < -0.39 is 59.9 Å². The highest BCUT2D eigenvalue weighted by Crippen LogP contribution is 2.27. The molecule has 0 spiro atoms. The Bertz CT molecular complexity index is 1420. The van der Waals surface area contributed by atoms with Crippen molar-refractivity contribution >= 4 is 16.3 Å². The van der Waals surface area contributed by atoms with E-state index >= 15 is 0 Å². The normalized spacial score (nSPS) is 18.8. The lowest BCUT2D eigenvalue weighted by atomic mass is 9.99. The standard InChI is InChI=1S/C65H127NO11S/c1-3-5-7-9-11-13-15-17-19-21-23-25-27-29-31-33-35-37-39-41-43-45-47-49-51-53-55-61(69)66-58(57-75-65-63(71)64(77-78(72,73)74)62(70)60(56-67)76-65)59(68)54-52-50-48-46-44-42-40-38-36-34-32-30-28-26-24-22-20-18-16-14-12-10-8-6-4-2/h29,31,58-60,62-65,67-68,70-71H,3-28,30,32-57H2,1-2H3,(H,66,69)(H,72,73,74)/b31-29-. The number of aliphatic hydroxyl groups excluding tert-OH is 4. The second-order valence-corrected chi connectivity index (χ2v) is 24.8. The molecule has 7 unspecified atom stereocenters. The summed E-state index contributed by atoms with van der Waals surface area (Å²) in [7, 11) is -5.08. The summed E-state index contributed by atoms with van der Waals surface area (Å²) in [6.07, 6.45) is 59.5. The molecule has 1 fully saturated rings. The number of amides is 1. The van der Waals surface area contributed by atoms with Crippen molar-refractivity contribution in [2.75, 3.05) is 13.2 Å². The molecule has 7 atom stereocenters. The van der Waals surface area contributed by atoms with Crippen LogP contribution in [-0.4, -0.2) is 95.4 Å². The summed E-state index contributed by atoms with van der Waals surface area (Å²) in [5.41, 5.74) is 0. The number of hydrogen-bond acceptors (Lipinski definition) is 10. The van der Waals surface area contributed by atoms with Gasteiger partial charge in [0.25, 0.3) is 0 Å². The van der Waals surface area contributed by atoms with Gasteiger partial charge in [-0.2, -0.15) is 8.42 Å². The van der Waals surface area contributed by atoms with Crippen LogP contribution in [0.1, 0.15) is 341 Å². The molecule has 0 bridgehead atoms. The molecule has 1 aliphatic heterocycles. The number of carbonyl (C=O) groups excluding carboxylic acids is 1. The Morgan fingerprint density at radius 3 is 1.15 bits per heavy atom. The van der Waals surface area contributed by atoms with Crippen molar-refractivity contribution in [2.24, 2.45) is 0 Å². The Morgan fingerprint density at radius 1 is 0.500 bits per heavy atom. The van der Waals surface area contributed by atoms with Crippen LogP contribution >= 0.6 is 0 Å². The second-order valence-electron chi connectivity index (χ2n) is 23.8. The van der Waals surface area contributed by atoms with Crippen molar-refractivity contribution in [1.29, 1.82) is 0 Å². The maximum atomic E-state index is 13.2. The van der Waals surface area contributed by atoms with Gasteiger partial charge in [0.2, 0.25) is 5.91 Å². The molecule has 464 valence electrons. The molecule has 6 N–H and O–H groups in total. The molecule has 0 aliphatic carbocycles. The molecule has 1 aliphatic rings. The van der Waals surface area contributed by atoms with Gasteiger partial charge in [0.05, 0.1) is 25.4 Å². The molecular weight excluding hydrogens is 1000 g/mol. The Labute approximate surface area is 480 Å². The zero-order chi connectivity index (χ0) is 56.8. The molecule has 0 aromatic carbocycles. The van der Waals surface area contributed by atoms with Crippen LogP contribution in [-0.2, 0) is 28.9 Å². The third kappa shape index (κ3) is 46.3. The summed E-state index contributed by atoms with van der Waals surface area (Å²) in [5.74, 6) is -0.224. The average Bonchev–Trinajstić information content (AvgIpc) is 3.45. The quantitative estimate of drug-likeness (QED) is 0.0193. The van der Waals surface area contributed by atoms with E-state index in [1.165, 1.54) is 263 Å². The van der Waals surface area contributed by atoms with E-state index in [0.717, 1.165) is 51.4 Å². The third-order valence-corrected chi connectivity index (χ3v) is 16.8. The van der Waals surface area contributed by atoms with E-state index in [1.54, 1.807) is 0 Å². The molecule has 1 rings (SSSR count). The average molecular weight is 1130 g/mol. The molecule has 0 saturated carbocycles. The molecule has 0 radical (unpaired) electrons. The lowest BCUT2D eigenvalue weighted by molar-refractivity contribution is -0.298. The Hall–Kier alpha value is -1.16. The van der Waals surface area contributed by atoms with Crippen LogP contribution in [0.15, 0.2) is 12.2 Å². The number of unbranched alkanes of at least 4 members (excludes halogenated alkanes) is 46. The monoisotopic (exact) mass is 1130 g/mol. The lowest BCUT2D eigenvalue weighted by Crippen LogP contribution is -2.61. The highest BCUT2D eigenvalue weighted by atomic mass is 32.3. The molecule has 78 heavy (non-hydrogen) atoms. The number of rotatable bonds is 60. The van der Waals surface area contributed by atoms with Gasteiger partial charge in [0.1, 0.15) is 24.4 Å². The first-order valence-corrected chi connectivity index (χ1v) is 34.9. The first-order chi connectivity index (χ1) is 38.0. The highest BCUT2D eigenvalue weighted by molar-refractivity contribution is 7.80. The number of aliphatic hydroxyl groups is 4. The molecule has 0 aromatic heterocycles. The SMILES string of the molecule is CCCCCCCCCCCCCC/C=C\CCCCCCCCCCCCC(=O)NC(COC1OC(CO)C(O)C(OS(=O)(=O)O)C1O)C(O)CCCCCCCCCCCCCCCCCCCCCCCCCCC. The topological polar surface area (TPSA) is 192 Å². The van der Waals surface area contributed by atoms with Crippen LogP contribution in [0.25, 0.3) is 0 Å². The third-order valence-electron chi connectivity index (χ3n) is 16.3. The van der Waals surface area contributed by atoms with Crippen molar-refractivity contribution < 1.29 is 51.8 Å². The van der Waals surface area contributed by atoms with Gasteiger partial charge >= 0.3 is 10.4 Å². The highest BCUT2D eigenvalue weighted by Gasteiger charge is 2.48. The summed E-state index contributed by atoms with van der Waals surface area (Å²) in [6.45, 7) is 3.52. The van der Waals surface area contributed by atoms with Gasteiger partial charge in [0, 0.05) is 6.42 Å². The van der Waals surface area contributed by atoms with Crippen molar-refractivity contribution in [1.82, 2.24) is 5.32 Å². The number of hydrogen-bond donors (Lipinski definition) is 6. The minimum Gasteiger partial charge on any atom is -0.394 e. The molecule has 1 amide bonds. The first-order valence-electron chi connectivity index (χ1n) is 33.6. The minimum absolute atomic E-state index is 0.224. The van der Waals surface area contributed by atoms with E-state index in [9.17, 15) is 38.2 Å². The van der Waals surface area contributed by atoms with Crippen LogP contribution in [0, 0.1) is 0 Å². The van der Waals surface area contributed by atoms with Crippen molar-refractivity contribution in [3.8, 4) is 0 Å². The predicted molar refractivity (Wildman–Crippen MR) is 324 cm³/mol. The molecular formula is C65H127NO11S. The van der Waals surface area contributed by atoms with E-state index in [-0.39, 0.29) is 12.5 Å². The molecule has 1 heterocycles. The van der Waals surface area contributed by atoms with E-state index in [1.807, 2.05) is 0 Å². The maximum Gasteiger partial charge on any atom is 0.397 e. The lowest BCUT2D eigenvalue weighted by Gasteiger charge is -2.41. The van der Waals surface area contributed by atoms with Gasteiger partial charge in [-0.1, -0.05) is 309 Å². The predicted octanol–water partition coefficient (Wildman–Crippen LogP) is 17.0. The zero-order valence-corrected chi connectivity index (χ0v) is 51.6. The Kier molecular flexibility index (Phi) is 52.8. The number of allylic oxidation sites excluding steroid dienone is 2. The summed E-state index contributed by atoms with van der Waals surface area (Å²) in [5, 5.41) is 45.3. The maximum absolute atomic E-state index is 13.2. The van der Waals surface area contributed by atoms with Gasteiger partial charge in [-0.05, 0) is 38.5 Å². The molecule has 12 nitrogen and oxygen atoms in total. The van der Waals surface area contributed by atoms with Crippen LogP contribution in [0.5, 0.6) is 0 Å². The summed E-state index contributed by atoms with van der Waals surface area (Å²) in [6, 6.07) is -0.858. The smallest absolute Gasteiger partial charge is 0.394 e. The Morgan fingerprint density at radius 2 is 0.821 bits per heavy atom. The molecule has 1 saturated heterocycles. The van der Waals surface area contributed by atoms with Crippen molar-refractivity contribution in [2.45, 2.75) is 384 Å². The van der Waals surface area contributed by atoms with Gasteiger partial charge in [0.15, 0.2) is 6.29 Å². The van der Waals surface area contributed by atoms with Crippen LogP contribution in [0.2, 0.25) is 0 Å². The number of nitrogens with one attached hydrogen (secondary N) is 1. The largest absolute Gasteiger partial charge is 0.397 e. The van der Waals surface area contributed by atoms with E-state index in [0.29, 0.717) is 12.8 Å². The van der Waals surface area contributed by atoms with Crippen LogP contribution < -0.4 is 5.32 Å². The fourth-order valence-electron chi connectivity index (χ4n) is 11.2. The number of ether oxygens (including phenoxy) is 2. The Balaban J connectivity index is 2.27. The minimum atomic E-state index is -5.08. The molecule has 13 heteroatoms. The zero-order valence-electron chi connectivity index (χ0n) is 50.8. The van der Waals surface area contributed by atoms with Gasteiger partial charge in [-0.15, -0.1) is 0 Å².